The number of benzene rings is 2. The molecule has 7 nitrogen and oxygen atoms in total. The molecule has 4 rings (SSSR count). The molecule has 1 unspecified atom stereocenters. The van der Waals surface area contributed by atoms with Gasteiger partial charge in [-0.1, -0.05) is 23.7 Å². The lowest BCUT2D eigenvalue weighted by Crippen LogP contribution is -2.52. The quantitative estimate of drug-likeness (QED) is 0.690. The first kappa shape index (κ1) is 22.0. The molecule has 2 aliphatic heterocycles. The summed E-state index contributed by atoms with van der Waals surface area (Å²) in [5, 5.41) is 5.65. The van der Waals surface area contributed by atoms with E-state index in [4.69, 9.17) is 11.6 Å². The minimum absolute atomic E-state index is 0.0148. The van der Waals surface area contributed by atoms with Crippen LogP contribution in [-0.4, -0.2) is 34.6 Å². The van der Waals surface area contributed by atoms with Crippen molar-refractivity contribution in [2.45, 2.75) is 44.8 Å². The fraction of sp³-hybridized carbons (Fsp3) is 0.304. The lowest BCUT2D eigenvalue weighted by molar-refractivity contribution is -0.136. The summed E-state index contributed by atoms with van der Waals surface area (Å²) in [5.74, 6) is -2.93. The van der Waals surface area contributed by atoms with Crippen molar-refractivity contribution < 1.29 is 23.6 Å². The summed E-state index contributed by atoms with van der Waals surface area (Å²) in [7, 11) is 0. The van der Waals surface area contributed by atoms with E-state index in [2.05, 4.69) is 10.6 Å². The van der Waals surface area contributed by atoms with Crippen LogP contribution in [0.5, 0.6) is 0 Å². The molecule has 0 aromatic heterocycles. The summed E-state index contributed by atoms with van der Waals surface area (Å²) in [6, 6.07) is 8.66. The molecule has 0 aliphatic carbocycles. The molecule has 0 bridgehead atoms. The molecule has 1 atom stereocenters. The topological polar surface area (TPSA) is 95.6 Å². The van der Waals surface area contributed by atoms with E-state index in [-0.39, 0.29) is 30.5 Å². The Labute approximate surface area is 188 Å². The molecule has 9 heteroatoms. The first-order valence-electron chi connectivity index (χ1n) is 10.1. The molecule has 0 saturated carbocycles. The molecule has 1 fully saturated rings. The lowest BCUT2D eigenvalue weighted by atomic mass is 9.93. The number of hydrogen-bond donors (Lipinski definition) is 2. The summed E-state index contributed by atoms with van der Waals surface area (Å²) in [6.07, 6.45) is 0.279. The lowest BCUT2D eigenvalue weighted by Gasteiger charge is -2.29. The van der Waals surface area contributed by atoms with Crippen LogP contribution in [0.1, 0.15) is 58.5 Å². The molecule has 1 saturated heterocycles. The van der Waals surface area contributed by atoms with Gasteiger partial charge in [0, 0.05) is 23.6 Å². The maximum Gasteiger partial charge on any atom is 0.258 e. The Balaban J connectivity index is 1.56. The average Bonchev–Trinajstić information content (AvgIpc) is 3.04. The number of hydrogen-bond acceptors (Lipinski definition) is 4. The maximum atomic E-state index is 14.9. The number of nitrogens with one attached hydrogen (secondary N) is 2. The van der Waals surface area contributed by atoms with Crippen LogP contribution < -0.4 is 10.6 Å². The van der Waals surface area contributed by atoms with Gasteiger partial charge in [0.2, 0.25) is 11.8 Å². The Hall–Kier alpha value is -3.26. The Morgan fingerprint density at radius 1 is 1.19 bits per heavy atom. The second kappa shape index (κ2) is 8.02. The highest BCUT2D eigenvalue weighted by Gasteiger charge is 2.41. The first-order chi connectivity index (χ1) is 15.1. The normalized spacial score (nSPS) is 18.4. The molecule has 0 spiro atoms. The summed E-state index contributed by atoms with van der Waals surface area (Å²) < 4.78 is 14.9. The van der Waals surface area contributed by atoms with Crippen LogP contribution in [-0.2, 0) is 21.7 Å². The van der Waals surface area contributed by atoms with Crippen LogP contribution in [0.15, 0.2) is 36.4 Å². The third-order valence-corrected chi connectivity index (χ3v) is 6.08. The number of carbonyl (C=O) groups excluding carboxylic acids is 4. The molecular formula is C23H21ClFN3O4. The zero-order valence-corrected chi connectivity index (χ0v) is 18.3. The Morgan fingerprint density at radius 3 is 2.53 bits per heavy atom. The Bertz CT molecular complexity index is 1150. The van der Waals surface area contributed by atoms with Gasteiger partial charge in [-0.25, -0.2) is 4.39 Å². The van der Waals surface area contributed by atoms with Gasteiger partial charge in [-0.2, -0.15) is 0 Å². The van der Waals surface area contributed by atoms with Crippen LogP contribution >= 0.6 is 11.6 Å². The van der Waals surface area contributed by atoms with Crippen LogP contribution in [0.4, 0.5) is 4.39 Å². The second-order valence-corrected chi connectivity index (χ2v) is 8.91. The van der Waals surface area contributed by atoms with Crippen LogP contribution in [0.3, 0.4) is 0 Å². The van der Waals surface area contributed by atoms with Crippen LogP contribution in [0.2, 0.25) is 5.02 Å². The van der Waals surface area contributed by atoms with E-state index in [1.54, 1.807) is 24.3 Å². The zero-order chi connectivity index (χ0) is 23.2. The standard InChI is InChI=1S/C23H21ClFN3O4/c1-23(2,14-3-5-15(24)6-4-14)27-20(30)12-9-13-11-28(22(32)19(13)16(25)10-12)17-7-8-18(29)26-21(17)31/h3-6,9-10,17H,7-8,11H2,1-2H3,(H,27,30)(H,26,29,31). The van der Waals surface area contributed by atoms with E-state index < -0.39 is 41.0 Å². The van der Waals surface area contributed by atoms with Gasteiger partial charge in [0.25, 0.3) is 11.8 Å². The number of halogens is 2. The molecule has 2 heterocycles. The molecule has 2 aliphatic rings. The number of carbonyl (C=O) groups is 4. The SMILES string of the molecule is CC(C)(NC(=O)c1cc(F)c2c(c1)CN(C1CCC(=O)NC1=O)C2=O)c1ccc(Cl)cc1. The van der Waals surface area contributed by atoms with Gasteiger partial charge < -0.3 is 10.2 Å². The number of piperidine rings is 1. The van der Waals surface area contributed by atoms with Crippen molar-refractivity contribution in [2.75, 3.05) is 0 Å². The Morgan fingerprint density at radius 2 is 1.88 bits per heavy atom. The van der Waals surface area contributed by atoms with Crippen LogP contribution in [0, 0.1) is 5.82 Å². The largest absolute Gasteiger partial charge is 0.343 e. The molecule has 166 valence electrons. The second-order valence-electron chi connectivity index (χ2n) is 8.48. The minimum atomic E-state index is -0.854. The van der Waals surface area contributed by atoms with Crippen molar-refractivity contribution in [1.29, 1.82) is 0 Å². The minimum Gasteiger partial charge on any atom is -0.343 e. The highest BCUT2D eigenvalue weighted by Crippen LogP contribution is 2.31. The van der Waals surface area contributed by atoms with Crippen molar-refractivity contribution in [3.8, 4) is 0 Å². The predicted octanol–water partition coefficient (Wildman–Crippen LogP) is 2.91. The molecule has 4 amide bonds. The van der Waals surface area contributed by atoms with Crippen molar-refractivity contribution >= 4 is 35.2 Å². The van der Waals surface area contributed by atoms with E-state index in [1.807, 2.05) is 13.8 Å². The number of fused-ring (bicyclic) bond motifs is 1. The van der Waals surface area contributed by atoms with Gasteiger partial charge in [-0.3, -0.25) is 24.5 Å². The number of amides is 4. The number of imide groups is 1. The van der Waals surface area contributed by atoms with E-state index in [1.165, 1.54) is 11.0 Å². The third kappa shape index (κ3) is 3.98. The van der Waals surface area contributed by atoms with Crippen molar-refractivity contribution in [1.82, 2.24) is 15.5 Å². The molecule has 0 radical (unpaired) electrons. The highest BCUT2D eigenvalue weighted by molar-refractivity contribution is 6.30. The van der Waals surface area contributed by atoms with Gasteiger partial charge in [0.15, 0.2) is 0 Å². The molecule has 2 aromatic carbocycles. The predicted molar refractivity (Wildman–Crippen MR) is 114 cm³/mol. The fourth-order valence-corrected chi connectivity index (χ4v) is 4.21. The molecule has 2 aromatic rings. The summed E-state index contributed by atoms with van der Waals surface area (Å²) in [6.45, 7) is 3.61. The van der Waals surface area contributed by atoms with Gasteiger partial charge in [0.05, 0.1) is 11.1 Å². The van der Waals surface area contributed by atoms with E-state index in [0.717, 1.165) is 11.6 Å². The first-order valence-corrected chi connectivity index (χ1v) is 10.5. The summed E-state index contributed by atoms with van der Waals surface area (Å²) >= 11 is 5.93. The zero-order valence-electron chi connectivity index (χ0n) is 17.5. The van der Waals surface area contributed by atoms with E-state index in [0.29, 0.717) is 10.6 Å². The van der Waals surface area contributed by atoms with E-state index >= 15 is 0 Å². The van der Waals surface area contributed by atoms with Gasteiger partial charge in [0.1, 0.15) is 11.9 Å². The molecule has 32 heavy (non-hydrogen) atoms. The monoisotopic (exact) mass is 457 g/mol. The van der Waals surface area contributed by atoms with Crippen molar-refractivity contribution in [3.63, 3.8) is 0 Å². The molecular weight excluding hydrogens is 437 g/mol. The number of rotatable bonds is 4. The summed E-state index contributed by atoms with van der Waals surface area (Å²) in [4.78, 5) is 50.5. The van der Waals surface area contributed by atoms with E-state index in [9.17, 15) is 23.6 Å². The smallest absolute Gasteiger partial charge is 0.258 e. The van der Waals surface area contributed by atoms with Crippen molar-refractivity contribution in [3.05, 3.63) is 69.5 Å². The van der Waals surface area contributed by atoms with Gasteiger partial charge >= 0.3 is 0 Å². The van der Waals surface area contributed by atoms with Gasteiger partial charge in [-0.05, 0) is 55.7 Å². The Kier molecular flexibility index (Phi) is 5.50. The maximum absolute atomic E-state index is 14.9. The van der Waals surface area contributed by atoms with Gasteiger partial charge in [-0.15, -0.1) is 0 Å². The fourth-order valence-electron chi connectivity index (χ4n) is 4.08. The summed E-state index contributed by atoms with van der Waals surface area (Å²) in [5.41, 5.74) is 0.306. The third-order valence-electron chi connectivity index (χ3n) is 5.83. The average molecular weight is 458 g/mol. The highest BCUT2D eigenvalue weighted by atomic mass is 35.5. The van der Waals surface area contributed by atoms with Crippen LogP contribution in [0.25, 0.3) is 0 Å². The number of nitrogens with zero attached hydrogens (tertiary/aromatic N) is 1. The molecule has 2 N–H and O–H groups in total. The van der Waals surface area contributed by atoms with Crippen molar-refractivity contribution in [2.24, 2.45) is 0 Å².